The lowest BCUT2D eigenvalue weighted by atomic mass is 10.1. The summed E-state index contributed by atoms with van der Waals surface area (Å²) in [5, 5.41) is 3.30. The quantitative estimate of drug-likeness (QED) is 0.258. The number of benzene rings is 1. The van der Waals surface area contributed by atoms with Crippen molar-refractivity contribution in [3.05, 3.63) is 57.9 Å². The number of anilines is 1. The number of thioether (sulfide) groups is 1. The number of rotatable bonds is 10. The lowest BCUT2D eigenvalue weighted by Gasteiger charge is -2.20. The molecule has 2 saturated carbocycles. The maximum Gasteiger partial charge on any atom is 0.295 e. The van der Waals surface area contributed by atoms with Crippen LogP contribution in [0.2, 0.25) is 0 Å². The second-order valence-electron chi connectivity index (χ2n) is 10.4. The summed E-state index contributed by atoms with van der Waals surface area (Å²) < 4.78 is 7.42. The molecule has 1 N–H and O–H groups in total. The van der Waals surface area contributed by atoms with Crippen LogP contribution in [0.4, 0.5) is 5.82 Å². The van der Waals surface area contributed by atoms with Crippen LogP contribution >= 0.6 is 11.8 Å². The Bertz CT molecular complexity index is 1580. The van der Waals surface area contributed by atoms with Crippen molar-refractivity contribution in [3.63, 3.8) is 0 Å². The van der Waals surface area contributed by atoms with Gasteiger partial charge >= 0.3 is 0 Å². The van der Waals surface area contributed by atoms with Crippen molar-refractivity contribution >= 4 is 28.7 Å². The molecular formula is C29H33N7O2S. The molecule has 0 aliphatic heterocycles. The van der Waals surface area contributed by atoms with E-state index in [1.807, 2.05) is 23.3 Å². The fourth-order valence-electron chi connectivity index (χ4n) is 5.08. The molecule has 10 heteroatoms. The first-order valence-electron chi connectivity index (χ1n) is 13.6. The molecule has 202 valence electrons. The minimum atomic E-state index is -0.164. The van der Waals surface area contributed by atoms with Crippen molar-refractivity contribution in [3.8, 4) is 17.3 Å². The molecule has 1 aromatic carbocycles. The summed E-state index contributed by atoms with van der Waals surface area (Å²) >= 11 is 1.81. The second-order valence-corrected chi connectivity index (χ2v) is 11.7. The Morgan fingerprint density at radius 2 is 1.87 bits per heavy atom. The third-order valence-corrected chi connectivity index (χ3v) is 8.44. The Morgan fingerprint density at radius 3 is 2.54 bits per heavy atom. The first-order chi connectivity index (χ1) is 19.0. The summed E-state index contributed by atoms with van der Waals surface area (Å²) in [6.45, 7) is 6.66. The zero-order valence-corrected chi connectivity index (χ0v) is 23.6. The summed E-state index contributed by atoms with van der Waals surface area (Å²) in [7, 11) is 1.59. The third kappa shape index (κ3) is 5.09. The van der Waals surface area contributed by atoms with E-state index in [9.17, 15) is 4.79 Å². The Labute approximate surface area is 231 Å². The highest BCUT2D eigenvalue weighted by atomic mass is 32.2. The Hall–Kier alpha value is -3.53. The highest BCUT2D eigenvalue weighted by molar-refractivity contribution is 7.99. The topological polar surface area (TPSA) is 108 Å². The molecule has 2 aliphatic rings. The van der Waals surface area contributed by atoms with Gasteiger partial charge in [-0.05, 0) is 68.9 Å². The van der Waals surface area contributed by atoms with Crippen molar-refractivity contribution < 1.29 is 4.74 Å². The number of aromatic nitrogens is 6. The van der Waals surface area contributed by atoms with E-state index < -0.39 is 0 Å². The van der Waals surface area contributed by atoms with Crippen LogP contribution in [0.5, 0.6) is 5.88 Å². The molecule has 2 aliphatic carbocycles. The molecule has 1 atom stereocenters. The zero-order valence-electron chi connectivity index (χ0n) is 22.8. The molecule has 0 spiro atoms. The predicted octanol–water partition coefficient (Wildman–Crippen LogP) is 5.53. The van der Waals surface area contributed by atoms with Crippen molar-refractivity contribution in [2.75, 3.05) is 18.2 Å². The molecule has 0 bridgehead atoms. The minimum absolute atomic E-state index is 0.00660. The third-order valence-electron chi connectivity index (χ3n) is 7.54. The monoisotopic (exact) mass is 543 g/mol. The number of aryl methyl sites for hydroxylation is 1. The van der Waals surface area contributed by atoms with Crippen molar-refractivity contribution in [1.29, 1.82) is 0 Å². The van der Waals surface area contributed by atoms with Crippen LogP contribution in [-0.2, 0) is 6.54 Å². The number of hydrogen-bond acceptors (Lipinski definition) is 9. The van der Waals surface area contributed by atoms with E-state index in [2.05, 4.69) is 53.4 Å². The lowest BCUT2D eigenvalue weighted by molar-refractivity contribution is 0.397. The number of fused-ring (bicyclic) bond motifs is 1. The van der Waals surface area contributed by atoms with Gasteiger partial charge in [-0.1, -0.05) is 19.1 Å². The smallest absolute Gasteiger partial charge is 0.295 e. The van der Waals surface area contributed by atoms with E-state index in [0.29, 0.717) is 58.3 Å². The number of ether oxygens (including phenoxy) is 1. The first kappa shape index (κ1) is 25.7. The molecule has 3 heterocycles. The van der Waals surface area contributed by atoms with Gasteiger partial charge in [0, 0.05) is 23.4 Å². The highest BCUT2D eigenvalue weighted by Gasteiger charge is 2.34. The normalized spacial score (nSPS) is 15.9. The molecule has 1 unspecified atom stereocenters. The predicted molar refractivity (Wildman–Crippen MR) is 153 cm³/mol. The standard InChI is InChI=1S/C29H33N7O2S/c1-5-39-21-12-6-18(7-13-21)14-30-26-29(37)36(17(3)19-8-9-19)27-23(34-26)16(2)33-25(35-27)22-24(20-10-11-20)31-15-32-28(22)38-4/h6-7,12-13,15,17,19-20H,5,8-11,14H2,1-4H3,(H,30,34). The second kappa shape index (κ2) is 10.6. The summed E-state index contributed by atoms with van der Waals surface area (Å²) in [6.07, 6.45) is 5.88. The molecule has 0 radical (unpaired) electrons. The maximum atomic E-state index is 13.9. The van der Waals surface area contributed by atoms with Gasteiger partial charge in [-0.15, -0.1) is 11.8 Å². The minimum Gasteiger partial charge on any atom is -0.480 e. The van der Waals surface area contributed by atoms with E-state index in [1.54, 1.807) is 7.11 Å². The van der Waals surface area contributed by atoms with E-state index in [4.69, 9.17) is 19.7 Å². The van der Waals surface area contributed by atoms with Crippen LogP contribution in [-0.4, -0.2) is 42.3 Å². The lowest BCUT2D eigenvalue weighted by Crippen LogP contribution is -2.29. The van der Waals surface area contributed by atoms with E-state index in [1.165, 1.54) is 11.2 Å². The molecule has 9 nitrogen and oxygen atoms in total. The van der Waals surface area contributed by atoms with Crippen LogP contribution in [0.15, 0.2) is 40.3 Å². The van der Waals surface area contributed by atoms with E-state index >= 15 is 0 Å². The van der Waals surface area contributed by atoms with Gasteiger partial charge in [0.1, 0.15) is 17.4 Å². The van der Waals surface area contributed by atoms with Crippen LogP contribution in [0, 0.1) is 12.8 Å². The van der Waals surface area contributed by atoms with Crippen molar-refractivity contribution in [1.82, 2.24) is 29.5 Å². The van der Waals surface area contributed by atoms with Gasteiger partial charge in [0.05, 0.1) is 18.5 Å². The molecule has 39 heavy (non-hydrogen) atoms. The van der Waals surface area contributed by atoms with Gasteiger partial charge < -0.3 is 10.1 Å². The summed E-state index contributed by atoms with van der Waals surface area (Å²) in [6, 6.07) is 8.40. The zero-order chi connectivity index (χ0) is 27.1. The number of nitrogens with zero attached hydrogens (tertiary/aromatic N) is 6. The van der Waals surface area contributed by atoms with Crippen LogP contribution in [0.1, 0.15) is 68.4 Å². The molecule has 6 rings (SSSR count). The molecule has 3 aromatic heterocycles. The average Bonchev–Trinajstić information content (AvgIpc) is 3.86. The van der Waals surface area contributed by atoms with Crippen LogP contribution in [0.25, 0.3) is 22.6 Å². The van der Waals surface area contributed by atoms with Crippen molar-refractivity contribution in [2.45, 2.75) is 69.9 Å². The highest BCUT2D eigenvalue weighted by Crippen LogP contribution is 2.45. The van der Waals surface area contributed by atoms with E-state index in [0.717, 1.165) is 42.7 Å². The molecule has 0 saturated heterocycles. The van der Waals surface area contributed by atoms with Crippen molar-refractivity contribution in [2.24, 2.45) is 5.92 Å². The fraction of sp³-hybridized carbons (Fsp3) is 0.448. The fourth-order valence-corrected chi connectivity index (χ4v) is 5.75. The number of hydrogen-bond donors (Lipinski definition) is 1. The summed E-state index contributed by atoms with van der Waals surface area (Å²) in [5.74, 6) is 3.07. The number of nitrogens with one attached hydrogen (secondary N) is 1. The van der Waals surface area contributed by atoms with Gasteiger partial charge in [0.25, 0.3) is 5.56 Å². The Morgan fingerprint density at radius 1 is 1.10 bits per heavy atom. The molecule has 2 fully saturated rings. The Kier molecular flexibility index (Phi) is 6.97. The van der Waals surface area contributed by atoms with E-state index in [-0.39, 0.29) is 11.6 Å². The average molecular weight is 544 g/mol. The maximum absolute atomic E-state index is 13.9. The molecule has 0 amide bonds. The number of methoxy groups -OCH3 is 1. The summed E-state index contributed by atoms with van der Waals surface area (Å²) in [4.78, 5) is 38.6. The van der Waals surface area contributed by atoms with Crippen LogP contribution < -0.4 is 15.6 Å². The largest absolute Gasteiger partial charge is 0.480 e. The van der Waals surface area contributed by atoms with Gasteiger partial charge in [-0.25, -0.2) is 24.9 Å². The van der Waals surface area contributed by atoms with Gasteiger partial charge in [-0.3, -0.25) is 9.36 Å². The van der Waals surface area contributed by atoms with Gasteiger partial charge in [-0.2, -0.15) is 0 Å². The van der Waals surface area contributed by atoms with Crippen LogP contribution in [0.3, 0.4) is 0 Å². The summed E-state index contributed by atoms with van der Waals surface area (Å²) in [5.41, 5.74) is 4.39. The first-order valence-corrected chi connectivity index (χ1v) is 14.6. The molecular weight excluding hydrogens is 510 g/mol. The molecule has 4 aromatic rings. The SMILES string of the molecule is CCSc1ccc(CNc2nc3c(C)nc(-c4c(OC)ncnc4C4CC4)nc3n(C(C)C3CC3)c2=O)cc1. The van der Waals surface area contributed by atoms with Gasteiger partial charge in [0.15, 0.2) is 17.3 Å². The van der Waals surface area contributed by atoms with Gasteiger partial charge in [0.2, 0.25) is 5.88 Å². The Balaban J connectivity index is 1.45.